The van der Waals surface area contributed by atoms with Crippen molar-refractivity contribution >= 4 is 11.8 Å². The van der Waals surface area contributed by atoms with Gasteiger partial charge in [0, 0.05) is 38.4 Å². The molecule has 1 unspecified atom stereocenters. The van der Waals surface area contributed by atoms with Crippen LogP contribution in [-0.2, 0) is 6.54 Å². The number of aromatic nitrogens is 2. The van der Waals surface area contributed by atoms with Crippen molar-refractivity contribution in [3.8, 4) is 11.1 Å². The summed E-state index contributed by atoms with van der Waals surface area (Å²) in [5, 5.41) is 3.54. The van der Waals surface area contributed by atoms with Crippen LogP contribution in [-0.4, -0.2) is 47.1 Å². The first-order valence-electron chi connectivity index (χ1n) is 12.6. The van der Waals surface area contributed by atoms with Gasteiger partial charge in [-0.2, -0.15) is 4.98 Å². The van der Waals surface area contributed by atoms with E-state index >= 15 is 0 Å². The summed E-state index contributed by atoms with van der Waals surface area (Å²) in [6.07, 6.45) is 9.56. The molecule has 3 aromatic rings. The fraction of sp³-hybridized carbons (Fsp3) is 0.429. The van der Waals surface area contributed by atoms with Crippen LogP contribution in [0.1, 0.15) is 44.1 Å². The van der Waals surface area contributed by atoms with E-state index in [0.29, 0.717) is 6.04 Å². The topological polar surface area (TPSA) is 44.3 Å². The lowest BCUT2D eigenvalue weighted by Crippen LogP contribution is -2.34. The van der Waals surface area contributed by atoms with Gasteiger partial charge in [0.25, 0.3) is 0 Å². The zero-order valence-electron chi connectivity index (χ0n) is 19.5. The number of likely N-dealkylation sites (tertiary alicyclic amines) is 1. The van der Waals surface area contributed by atoms with Gasteiger partial charge in [0.15, 0.2) is 0 Å². The molecule has 2 fully saturated rings. The quantitative estimate of drug-likeness (QED) is 0.517. The third-order valence-corrected chi connectivity index (χ3v) is 7.01. The highest BCUT2D eigenvalue weighted by molar-refractivity contribution is 5.63. The predicted octanol–water partition coefficient (Wildman–Crippen LogP) is 5.60. The molecule has 5 nitrogen and oxygen atoms in total. The predicted molar refractivity (Wildman–Crippen MR) is 137 cm³/mol. The molecule has 5 rings (SSSR count). The van der Waals surface area contributed by atoms with E-state index in [2.05, 4.69) is 80.8 Å². The van der Waals surface area contributed by atoms with E-state index in [4.69, 9.17) is 4.98 Å². The molecule has 2 aliphatic rings. The summed E-state index contributed by atoms with van der Waals surface area (Å²) in [6, 6.07) is 22.2. The van der Waals surface area contributed by atoms with E-state index in [-0.39, 0.29) is 0 Å². The Balaban J connectivity index is 1.17. The lowest BCUT2D eigenvalue weighted by Gasteiger charge is -2.25. The minimum atomic E-state index is 0.518. The molecule has 2 aromatic carbocycles. The zero-order valence-corrected chi connectivity index (χ0v) is 19.5. The smallest absolute Gasteiger partial charge is 0.224 e. The van der Waals surface area contributed by atoms with Gasteiger partial charge in [-0.25, -0.2) is 4.98 Å². The van der Waals surface area contributed by atoms with Crippen molar-refractivity contribution in [2.45, 2.75) is 51.1 Å². The van der Waals surface area contributed by atoms with E-state index in [1.165, 1.54) is 55.2 Å². The van der Waals surface area contributed by atoms with Crippen LogP contribution in [0.25, 0.3) is 11.1 Å². The summed E-state index contributed by atoms with van der Waals surface area (Å²) in [7, 11) is 0. The minimum absolute atomic E-state index is 0.518. The fourth-order valence-electron chi connectivity index (χ4n) is 5.12. The highest BCUT2D eigenvalue weighted by Gasteiger charge is 2.24. The van der Waals surface area contributed by atoms with Crippen LogP contribution in [0.5, 0.6) is 0 Å². The number of nitrogens with one attached hydrogen (secondary N) is 1. The van der Waals surface area contributed by atoms with Gasteiger partial charge in [-0.15, -0.1) is 0 Å². The first-order chi connectivity index (χ1) is 16.3. The molecule has 1 atom stereocenters. The number of anilines is 2. The summed E-state index contributed by atoms with van der Waals surface area (Å²) in [5.74, 6) is 1.83. The molecule has 0 radical (unpaired) electrons. The van der Waals surface area contributed by atoms with E-state index in [0.717, 1.165) is 44.5 Å². The van der Waals surface area contributed by atoms with Gasteiger partial charge < -0.3 is 10.2 Å². The van der Waals surface area contributed by atoms with Crippen molar-refractivity contribution < 1.29 is 0 Å². The van der Waals surface area contributed by atoms with Crippen molar-refractivity contribution in [3.63, 3.8) is 0 Å². The number of hydrogen-bond donors (Lipinski definition) is 1. The molecule has 0 aliphatic carbocycles. The SMILES string of the molecule is c1ccc(-c2ccc(CN3CCCC3CNc3nccc(N4CCCCCC4)n3)cc2)cc1. The Morgan fingerprint density at radius 1 is 0.788 bits per heavy atom. The maximum absolute atomic E-state index is 4.83. The van der Waals surface area contributed by atoms with Crippen molar-refractivity contribution in [1.29, 1.82) is 0 Å². The van der Waals surface area contributed by atoms with E-state index in [1.807, 2.05) is 6.20 Å². The van der Waals surface area contributed by atoms with Crippen LogP contribution in [0, 0.1) is 0 Å². The number of hydrogen-bond acceptors (Lipinski definition) is 5. The molecule has 5 heteroatoms. The van der Waals surface area contributed by atoms with Crippen molar-refractivity contribution in [2.75, 3.05) is 36.4 Å². The summed E-state index contributed by atoms with van der Waals surface area (Å²) in [6.45, 7) is 5.26. The van der Waals surface area contributed by atoms with Gasteiger partial charge >= 0.3 is 0 Å². The van der Waals surface area contributed by atoms with Crippen LogP contribution in [0.4, 0.5) is 11.8 Å². The van der Waals surface area contributed by atoms with Crippen molar-refractivity contribution in [3.05, 3.63) is 72.4 Å². The molecular weight excluding hydrogens is 406 g/mol. The first-order valence-corrected chi connectivity index (χ1v) is 12.6. The van der Waals surface area contributed by atoms with Crippen LogP contribution < -0.4 is 10.2 Å². The number of nitrogens with zero attached hydrogens (tertiary/aromatic N) is 4. The van der Waals surface area contributed by atoms with Gasteiger partial charge in [-0.05, 0) is 55.0 Å². The van der Waals surface area contributed by atoms with Gasteiger partial charge in [-0.1, -0.05) is 67.4 Å². The third-order valence-electron chi connectivity index (χ3n) is 7.01. The monoisotopic (exact) mass is 441 g/mol. The molecule has 0 saturated carbocycles. The highest BCUT2D eigenvalue weighted by Crippen LogP contribution is 2.24. The average molecular weight is 442 g/mol. The molecule has 1 N–H and O–H groups in total. The maximum atomic E-state index is 4.83. The average Bonchev–Trinajstić information content (AvgIpc) is 3.13. The molecule has 2 aliphatic heterocycles. The van der Waals surface area contributed by atoms with Crippen molar-refractivity contribution in [2.24, 2.45) is 0 Å². The molecule has 3 heterocycles. The highest BCUT2D eigenvalue weighted by atomic mass is 15.2. The van der Waals surface area contributed by atoms with Gasteiger partial charge in [0.05, 0.1) is 0 Å². The van der Waals surface area contributed by atoms with Crippen LogP contribution in [0.2, 0.25) is 0 Å². The van der Waals surface area contributed by atoms with Crippen LogP contribution >= 0.6 is 0 Å². The Morgan fingerprint density at radius 2 is 1.55 bits per heavy atom. The van der Waals surface area contributed by atoms with Gasteiger partial charge in [-0.3, -0.25) is 4.90 Å². The Kier molecular flexibility index (Phi) is 7.17. The molecule has 0 amide bonds. The molecule has 0 bridgehead atoms. The van der Waals surface area contributed by atoms with Gasteiger partial charge in [0.2, 0.25) is 5.95 Å². The number of benzene rings is 2. The zero-order chi connectivity index (χ0) is 22.3. The Hall–Kier alpha value is -2.92. The number of rotatable bonds is 7. The maximum Gasteiger partial charge on any atom is 0.224 e. The second-order valence-corrected chi connectivity index (χ2v) is 9.35. The normalized spacial score (nSPS) is 19.4. The van der Waals surface area contributed by atoms with Crippen LogP contribution in [0.3, 0.4) is 0 Å². The summed E-state index contributed by atoms with van der Waals surface area (Å²) < 4.78 is 0. The lowest BCUT2D eigenvalue weighted by molar-refractivity contribution is 0.254. The van der Waals surface area contributed by atoms with E-state index in [9.17, 15) is 0 Å². The third kappa shape index (κ3) is 5.72. The molecule has 0 spiro atoms. The van der Waals surface area contributed by atoms with Crippen LogP contribution in [0.15, 0.2) is 66.9 Å². The Bertz CT molecular complexity index is 996. The van der Waals surface area contributed by atoms with E-state index in [1.54, 1.807) is 0 Å². The largest absolute Gasteiger partial charge is 0.356 e. The molecule has 172 valence electrons. The molecule has 2 saturated heterocycles. The first kappa shape index (κ1) is 21.9. The molecule has 33 heavy (non-hydrogen) atoms. The van der Waals surface area contributed by atoms with Gasteiger partial charge in [0.1, 0.15) is 5.82 Å². The van der Waals surface area contributed by atoms with Crippen molar-refractivity contribution in [1.82, 2.24) is 14.9 Å². The summed E-state index contributed by atoms with van der Waals surface area (Å²) >= 11 is 0. The summed E-state index contributed by atoms with van der Waals surface area (Å²) in [4.78, 5) is 14.3. The van der Waals surface area contributed by atoms with E-state index < -0.39 is 0 Å². The Morgan fingerprint density at radius 3 is 2.33 bits per heavy atom. The standard InChI is InChI=1S/C28H35N5/c1-2-7-19-32(18-6-1)27-16-17-29-28(31-27)30-21-26-11-8-20-33(26)22-23-12-14-25(15-13-23)24-9-4-3-5-10-24/h3-5,9-10,12-17,26H,1-2,6-8,11,18-22H2,(H,29,30,31). The lowest BCUT2D eigenvalue weighted by atomic mass is 10.0. The summed E-state index contributed by atoms with van der Waals surface area (Å²) in [5.41, 5.74) is 3.93. The molecule has 1 aromatic heterocycles. The Labute approximate surface area is 197 Å². The second kappa shape index (κ2) is 10.8. The minimum Gasteiger partial charge on any atom is -0.356 e. The molecular formula is C28H35N5. The second-order valence-electron chi connectivity index (χ2n) is 9.35. The fourth-order valence-corrected chi connectivity index (χ4v) is 5.12.